The summed E-state index contributed by atoms with van der Waals surface area (Å²) in [4.78, 5) is 31.0. The van der Waals surface area contributed by atoms with Gasteiger partial charge in [-0.1, -0.05) is 19.6 Å². The molecule has 10 nitrogen and oxygen atoms in total. The third-order valence-electron chi connectivity index (χ3n) is 8.82. The molecule has 2 N–H and O–H groups in total. The molecule has 2 amide bonds. The summed E-state index contributed by atoms with van der Waals surface area (Å²) in [5, 5.41) is 16.6. The number of aliphatic hydroxyl groups is 1. The molecule has 0 aromatic carbocycles. The Morgan fingerprint density at radius 2 is 1.77 bits per heavy atom. The van der Waals surface area contributed by atoms with Crippen LogP contribution in [0.15, 0.2) is 18.3 Å². The van der Waals surface area contributed by atoms with E-state index in [4.69, 9.17) is 9.47 Å². The van der Waals surface area contributed by atoms with Gasteiger partial charge in [0.15, 0.2) is 17.1 Å². The van der Waals surface area contributed by atoms with Gasteiger partial charge in [0, 0.05) is 44.8 Å². The van der Waals surface area contributed by atoms with Crippen molar-refractivity contribution >= 4 is 19.9 Å². The van der Waals surface area contributed by atoms with Gasteiger partial charge in [0.1, 0.15) is 12.8 Å². The van der Waals surface area contributed by atoms with Gasteiger partial charge >= 0.3 is 12.4 Å². The van der Waals surface area contributed by atoms with Crippen molar-refractivity contribution < 1.29 is 54.9 Å². The molecule has 0 radical (unpaired) electrons. The molecule has 2 aromatic heterocycles. The lowest BCUT2D eigenvalue weighted by atomic mass is 9.81. The number of halogens is 7. The van der Waals surface area contributed by atoms with Gasteiger partial charge in [0.25, 0.3) is 5.91 Å². The number of nitrogens with zero attached hydrogens (tertiary/aromatic N) is 4. The van der Waals surface area contributed by atoms with Crippen LogP contribution in [0.1, 0.15) is 49.0 Å². The number of piperidine rings is 1. The van der Waals surface area contributed by atoms with E-state index in [1.165, 1.54) is 23.9 Å². The molecule has 48 heavy (non-hydrogen) atoms. The van der Waals surface area contributed by atoms with Crippen LogP contribution in [0.2, 0.25) is 25.7 Å². The summed E-state index contributed by atoms with van der Waals surface area (Å²) in [5.74, 6) is -3.76. The molecule has 2 fully saturated rings. The first-order valence-electron chi connectivity index (χ1n) is 15.5. The molecular formula is C30H40F7N5O5Si. The highest BCUT2D eigenvalue weighted by Gasteiger charge is 2.55. The summed E-state index contributed by atoms with van der Waals surface area (Å²) < 4.78 is 109. The molecule has 0 bridgehead atoms. The highest BCUT2D eigenvalue weighted by Crippen LogP contribution is 2.42. The zero-order valence-corrected chi connectivity index (χ0v) is 28.0. The van der Waals surface area contributed by atoms with E-state index in [0.717, 1.165) is 12.2 Å². The van der Waals surface area contributed by atoms with Gasteiger partial charge in [-0.3, -0.25) is 9.59 Å². The van der Waals surface area contributed by atoms with E-state index >= 15 is 0 Å². The summed E-state index contributed by atoms with van der Waals surface area (Å²) >= 11 is 0. The van der Waals surface area contributed by atoms with Crippen molar-refractivity contribution in [3.8, 4) is 17.1 Å². The summed E-state index contributed by atoms with van der Waals surface area (Å²) in [6, 6.07) is 0.110. The van der Waals surface area contributed by atoms with Crippen LogP contribution >= 0.6 is 0 Å². The number of likely N-dealkylation sites (tertiary alicyclic amines) is 1. The summed E-state index contributed by atoms with van der Waals surface area (Å²) in [5.41, 5.74) is -3.29. The first-order chi connectivity index (χ1) is 22.2. The first kappa shape index (κ1) is 37.6. The van der Waals surface area contributed by atoms with E-state index in [-0.39, 0.29) is 43.1 Å². The second-order valence-electron chi connectivity index (χ2n) is 13.6. The monoisotopic (exact) mass is 711 g/mol. The van der Waals surface area contributed by atoms with Gasteiger partial charge in [-0.05, 0) is 50.6 Å². The van der Waals surface area contributed by atoms with Crippen LogP contribution in [0, 0.1) is 11.7 Å². The van der Waals surface area contributed by atoms with Gasteiger partial charge in [0.05, 0.1) is 19.0 Å². The van der Waals surface area contributed by atoms with Crippen molar-refractivity contribution in [2.45, 2.75) is 101 Å². The lowest BCUT2D eigenvalue weighted by molar-refractivity contribution is -0.270. The maximum Gasteiger partial charge on any atom is 0.417 e. The minimum Gasteiger partial charge on any atom is -0.481 e. The Kier molecular flexibility index (Phi) is 11.2. The second-order valence-corrected chi connectivity index (χ2v) is 19.2. The Labute approximate surface area is 274 Å². The molecule has 4 rings (SSSR count). The van der Waals surface area contributed by atoms with E-state index in [1.807, 2.05) is 0 Å². The average molecular weight is 712 g/mol. The minimum atomic E-state index is -4.93. The maximum atomic E-state index is 14.9. The largest absolute Gasteiger partial charge is 0.481 e. The van der Waals surface area contributed by atoms with Gasteiger partial charge in [-0.25, -0.2) is 14.1 Å². The molecular weight excluding hydrogens is 671 g/mol. The number of hydrogen-bond acceptors (Lipinski definition) is 7. The number of alkyl halides is 6. The molecule has 1 unspecified atom stereocenters. The minimum absolute atomic E-state index is 0.0484. The highest BCUT2D eigenvalue weighted by atomic mass is 28.3. The highest BCUT2D eigenvalue weighted by molar-refractivity contribution is 6.76. The number of methoxy groups -OCH3 is 1. The summed E-state index contributed by atoms with van der Waals surface area (Å²) in [6.07, 6.45) is -11.5. The maximum absolute atomic E-state index is 14.9. The van der Waals surface area contributed by atoms with Gasteiger partial charge < -0.3 is 24.8 Å². The second kappa shape index (κ2) is 14.3. The number of carbonyl (C=O) groups is 2. The molecule has 0 spiro atoms. The fourth-order valence-electron chi connectivity index (χ4n) is 5.84. The predicted octanol–water partition coefficient (Wildman–Crippen LogP) is 5.54. The van der Waals surface area contributed by atoms with Gasteiger partial charge in [0.2, 0.25) is 11.8 Å². The predicted molar refractivity (Wildman–Crippen MR) is 161 cm³/mol. The van der Waals surface area contributed by atoms with Crippen molar-refractivity contribution in [1.29, 1.82) is 0 Å². The number of nitrogens with one attached hydrogen (secondary N) is 1. The quantitative estimate of drug-likeness (QED) is 0.189. The number of hydrogen-bond donors (Lipinski definition) is 2. The Hall–Kier alpha value is -3.25. The Bertz CT molecular complexity index is 1450. The fraction of sp³-hybridized carbons (Fsp3) is 0.667. The number of rotatable bonds is 10. The molecule has 2 aliphatic rings. The Morgan fingerprint density at radius 1 is 1.10 bits per heavy atom. The SMILES string of the molecule is COc1cc(-c2cc(C(=O)N3CCC(C(=O)N[C@H]4CC[C@@](O)(C(F)(F)F)CC4)C[C@H]3C(F)(F)F)nn2COCC[Si](C)(C)C)c(F)cn1. The van der Waals surface area contributed by atoms with E-state index < -0.39 is 93.2 Å². The molecule has 2 atom stereocenters. The van der Waals surface area contributed by atoms with Crippen LogP contribution < -0.4 is 10.1 Å². The van der Waals surface area contributed by atoms with Crippen molar-refractivity contribution in [2.75, 3.05) is 20.3 Å². The van der Waals surface area contributed by atoms with Crippen LogP contribution in [-0.4, -0.2) is 95.0 Å². The van der Waals surface area contributed by atoms with Crippen molar-refractivity contribution in [2.24, 2.45) is 5.92 Å². The molecule has 3 heterocycles. The average Bonchev–Trinajstić information content (AvgIpc) is 3.42. The Morgan fingerprint density at radius 3 is 2.35 bits per heavy atom. The van der Waals surface area contributed by atoms with Crippen LogP contribution in [-0.2, 0) is 16.3 Å². The fourth-order valence-corrected chi connectivity index (χ4v) is 6.60. The molecule has 1 aliphatic carbocycles. The van der Waals surface area contributed by atoms with Gasteiger partial charge in [-0.2, -0.15) is 31.4 Å². The molecule has 1 saturated heterocycles. The summed E-state index contributed by atoms with van der Waals surface area (Å²) in [6.45, 7) is 6.08. The van der Waals surface area contributed by atoms with Crippen LogP contribution in [0.3, 0.4) is 0 Å². The van der Waals surface area contributed by atoms with E-state index in [1.54, 1.807) is 0 Å². The number of ether oxygens (including phenoxy) is 2. The third kappa shape index (κ3) is 8.85. The molecule has 2 aromatic rings. The molecule has 268 valence electrons. The summed E-state index contributed by atoms with van der Waals surface area (Å²) in [7, 11) is -0.162. The van der Waals surface area contributed by atoms with Crippen LogP contribution in [0.5, 0.6) is 5.88 Å². The normalized spacial score (nSPS) is 24.0. The van der Waals surface area contributed by atoms with E-state index in [0.29, 0.717) is 11.5 Å². The first-order valence-corrected chi connectivity index (χ1v) is 19.3. The lowest BCUT2D eigenvalue weighted by Gasteiger charge is -2.40. The standard InChI is InChI=1S/C30H40F7N5O5Si/c1-46-25-14-20(21(31)16-38-25)23-15-22(40-42(23)17-47-11-12-48(2,3)4)27(44)41-10-7-18(13-24(41)29(32,33)34)26(43)39-19-5-8-28(45,9-6-19)30(35,36)37/h14-16,18-19,24,45H,5-13,17H2,1-4H3,(H,39,43)/t18?,19-,24-,28-/m0/s1. The zero-order valence-electron chi connectivity index (χ0n) is 27.0. The smallest absolute Gasteiger partial charge is 0.417 e. The van der Waals surface area contributed by atoms with E-state index in [9.17, 15) is 45.4 Å². The third-order valence-corrected chi connectivity index (χ3v) is 10.5. The topological polar surface area (TPSA) is 119 Å². The van der Waals surface area contributed by atoms with Crippen molar-refractivity contribution in [3.63, 3.8) is 0 Å². The molecule has 1 saturated carbocycles. The Balaban J connectivity index is 1.52. The van der Waals surface area contributed by atoms with Crippen molar-refractivity contribution in [3.05, 3.63) is 29.8 Å². The van der Waals surface area contributed by atoms with Crippen molar-refractivity contribution in [1.82, 2.24) is 25.0 Å². The molecule has 1 aliphatic heterocycles. The number of pyridine rings is 1. The van der Waals surface area contributed by atoms with Crippen LogP contribution in [0.4, 0.5) is 30.7 Å². The van der Waals surface area contributed by atoms with Gasteiger partial charge in [-0.15, -0.1) is 0 Å². The number of aromatic nitrogens is 3. The molecule has 18 heteroatoms. The lowest BCUT2D eigenvalue weighted by Crippen LogP contribution is -2.56. The number of carbonyl (C=O) groups excluding carboxylic acids is 2. The zero-order chi connectivity index (χ0) is 35.7. The van der Waals surface area contributed by atoms with Crippen LogP contribution in [0.25, 0.3) is 11.3 Å². The number of amides is 2. The van der Waals surface area contributed by atoms with E-state index in [2.05, 4.69) is 35.0 Å².